The Kier molecular flexibility index (Phi) is 13.4. The van der Waals surface area contributed by atoms with Gasteiger partial charge in [-0.05, 0) is 76.9 Å². The maximum atomic E-state index is 12.5. The Labute approximate surface area is 252 Å². The number of benzene rings is 1. The van der Waals surface area contributed by atoms with Crippen LogP contribution in [-0.4, -0.2) is 34.5 Å². The van der Waals surface area contributed by atoms with Gasteiger partial charge < -0.3 is 25.4 Å². The lowest BCUT2D eigenvalue weighted by molar-refractivity contribution is -0.142. The molecule has 2 rings (SSSR count). The minimum atomic E-state index is -0.870. The summed E-state index contributed by atoms with van der Waals surface area (Å²) in [6, 6.07) is 4.99. The Bertz CT molecular complexity index is 1220. The molecule has 1 aromatic carbocycles. The van der Waals surface area contributed by atoms with Crippen molar-refractivity contribution in [1.82, 2.24) is 0 Å². The van der Waals surface area contributed by atoms with Crippen LogP contribution >= 0.6 is 15.9 Å². The molecule has 0 fully saturated rings. The third-order valence-corrected chi connectivity index (χ3v) is 7.81. The number of amides is 1. The third-order valence-electron chi connectivity index (χ3n) is 6.95. The van der Waals surface area contributed by atoms with Crippen LogP contribution in [0.3, 0.4) is 0 Å². The van der Waals surface area contributed by atoms with E-state index in [1.54, 1.807) is 42.5 Å². The average molecular weight is 629 g/mol. The van der Waals surface area contributed by atoms with Crippen molar-refractivity contribution in [1.29, 1.82) is 0 Å². The number of aliphatic hydroxyl groups excluding tert-OH is 1. The van der Waals surface area contributed by atoms with Crippen LogP contribution in [0.1, 0.15) is 65.5 Å². The third kappa shape index (κ3) is 11.6. The molecule has 0 spiro atoms. The number of esters is 1. The van der Waals surface area contributed by atoms with Gasteiger partial charge in [0.2, 0.25) is 0 Å². The van der Waals surface area contributed by atoms with Crippen LogP contribution in [0.2, 0.25) is 0 Å². The maximum absolute atomic E-state index is 12.5. The van der Waals surface area contributed by atoms with Crippen LogP contribution in [0, 0.1) is 35.0 Å². The Morgan fingerprint density at radius 2 is 1.90 bits per heavy atom. The van der Waals surface area contributed by atoms with Crippen molar-refractivity contribution >= 4 is 28.0 Å². The van der Waals surface area contributed by atoms with E-state index in [0.29, 0.717) is 29.3 Å². The van der Waals surface area contributed by atoms with E-state index in [2.05, 4.69) is 27.8 Å². The number of primary amides is 1. The standard InChI is InChI=1S/C33H42BrNO6/c1-22-12-10-16-29(37)41-28(24(3)18-17-23(2)21-25(20-22)40-32(35)39)15-8-6-7-9-19-33(4,5)31(38)26-13-11-14-27(36)30(26)34/h8-11,13-19,22-25,28,31,36,38H,12,20-21H2,1-5H3,(H2,35,39)/b15-8+,16-10-,18-17+,19-9+/t22-,23+,24+,25-,28-,31?/m1/s1. The van der Waals surface area contributed by atoms with E-state index in [0.717, 1.165) is 0 Å². The number of carbonyl (C=O) groups is 2. The molecule has 222 valence electrons. The molecule has 0 aliphatic carbocycles. The van der Waals surface area contributed by atoms with Crippen LogP contribution in [0.5, 0.6) is 5.75 Å². The summed E-state index contributed by atoms with van der Waals surface area (Å²) < 4.78 is 11.5. The molecule has 1 aliphatic rings. The minimum absolute atomic E-state index is 0.0645. The SMILES string of the molecule is C[C@@H]1C/C=C\C(=O)O[C@H](/C=C/C#C/C=C/C(C)(C)C(O)c2cccc(O)c2Br)[C@@H](C)/C=C/[C@H](C)C[C@H](OC(N)=O)C1. The number of cyclic esters (lactones) is 1. The van der Waals surface area contributed by atoms with E-state index in [1.165, 1.54) is 6.08 Å². The lowest BCUT2D eigenvalue weighted by Crippen LogP contribution is -2.26. The molecule has 8 heteroatoms. The minimum Gasteiger partial charge on any atom is -0.507 e. The number of phenols is 1. The number of halogens is 1. The second-order valence-corrected chi connectivity index (χ2v) is 12.1. The van der Waals surface area contributed by atoms with Gasteiger partial charge in [-0.25, -0.2) is 9.59 Å². The maximum Gasteiger partial charge on any atom is 0.404 e. The lowest BCUT2D eigenvalue weighted by atomic mass is 9.82. The first kappa shape index (κ1) is 33.9. The number of aromatic hydroxyl groups is 1. The fourth-order valence-corrected chi connectivity index (χ4v) is 4.98. The van der Waals surface area contributed by atoms with Gasteiger partial charge in [0, 0.05) is 17.4 Å². The zero-order valence-corrected chi connectivity index (χ0v) is 26.0. The molecule has 0 radical (unpaired) electrons. The first-order chi connectivity index (χ1) is 19.3. The normalized spacial score (nSPS) is 26.8. The highest BCUT2D eigenvalue weighted by atomic mass is 79.9. The van der Waals surface area contributed by atoms with Gasteiger partial charge in [0.05, 0.1) is 10.6 Å². The molecule has 0 saturated carbocycles. The predicted octanol–water partition coefficient (Wildman–Crippen LogP) is 6.91. The highest BCUT2D eigenvalue weighted by Gasteiger charge is 2.28. The quantitative estimate of drug-likeness (QED) is 0.185. The molecule has 4 N–H and O–H groups in total. The Morgan fingerprint density at radius 1 is 1.20 bits per heavy atom. The number of allylic oxidation sites excluding steroid dienone is 4. The van der Waals surface area contributed by atoms with Crippen molar-refractivity contribution in [2.24, 2.45) is 28.9 Å². The highest BCUT2D eigenvalue weighted by molar-refractivity contribution is 9.10. The fraction of sp³-hybridized carbons (Fsp3) is 0.455. The number of ether oxygens (including phenoxy) is 2. The average Bonchev–Trinajstić information content (AvgIpc) is 2.88. The van der Waals surface area contributed by atoms with E-state index in [-0.39, 0.29) is 29.6 Å². The molecule has 1 aliphatic heterocycles. The summed E-state index contributed by atoms with van der Waals surface area (Å²) in [7, 11) is 0. The van der Waals surface area contributed by atoms with Gasteiger partial charge in [0.25, 0.3) is 0 Å². The summed E-state index contributed by atoms with van der Waals surface area (Å²) in [6.07, 6.45) is 13.6. The molecule has 1 heterocycles. The van der Waals surface area contributed by atoms with Crippen molar-refractivity contribution in [2.75, 3.05) is 0 Å². The number of carbonyl (C=O) groups excluding carboxylic acids is 2. The van der Waals surface area contributed by atoms with Crippen molar-refractivity contribution < 1.29 is 29.3 Å². The van der Waals surface area contributed by atoms with Gasteiger partial charge in [-0.2, -0.15) is 0 Å². The monoisotopic (exact) mass is 627 g/mol. The van der Waals surface area contributed by atoms with E-state index in [4.69, 9.17) is 15.2 Å². The number of hydrogen-bond acceptors (Lipinski definition) is 6. The summed E-state index contributed by atoms with van der Waals surface area (Å²) in [6.45, 7) is 9.79. The van der Waals surface area contributed by atoms with Crippen molar-refractivity contribution in [3.05, 3.63) is 76.8 Å². The molecule has 6 atom stereocenters. The van der Waals surface area contributed by atoms with Crippen molar-refractivity contribution in [2.45, 2.75) is 72.2 Å². The Morgan fingerprint density at radius 3 is 2.61 bits per heavy atom. The second kappa shape index (κ2) is 16.2. The van der Waals surface area contributed by atoms with E-state index in [1.807, 2.05) is 52.8 Å². The smallest absolute Gasteiger partial charge is 0.404 e. The first-order valence-electron chi connectivity index (χ1n) is 13.8. The van der Waals surface area contributed by atoms with Gasteiger partial charge in [0.1, 0.15) is 18.0 Å². The van der Waals surface area contributed by atoms with Gasteiger partial charge in [-0.3, -0.25) is 0 Å². The number of hydrogen-bond donors (Lipinski definition) is 3. The number of phenolic OH excluding ortho intramolecular Hbond substituents is 1. The topological polar surface area (TPSA) is 119 Å². The van der Waals surface area contributed by atoms with Crippen LogP contribution in [-0.2, 0) is 14.3 Å². The summed E-state index contributed by atoms with van der Waals surface area (Å²) in [4.78, 5) is 23.9. The summed E-state index contributed by atoms with van der Waals surface area (Å²) >= 11 is 3.34. The van der Waals surface area contributed by atoms with Gasteiger partial charge in [0.15, 0.2) is 0 Å². The molecule has 7 nitrogen and oxygen atoms in total. The highest BCUT2D eigenvalue weighted by Crippen LogP contribution is 2.40. The first-order valence-corrected chi connectivity index (χ1v) is 14.6. The number of aliphatic hydroxyl groups is 1. The molecular weight excluding hydrogens is 586 g/mol. The molecular formula is C33H42BrNO6. The van der Waals surface area contributed by atoms with Crippen LogP contribution in [0.25, 0.3) is 0 Å². The van der Waals surface area contributed by atoms with E-state index >= 15 is 0 Å². The zero-order chi connectivity index (χ0) is 30.6. The van der Waals surface area contributed by atoms with Crippen molar-refractivity contribution in [3.8, 4) is 17.6 Å². The fourth-order valence-electron chi connectivity index (χ4n) is 4.50. The summed E-state index contributed by atoms with van der Waals surface area (Å²) in [5, 5.41) is 20.8. The van der Waals surface area contributed by atoms with Crippen molar-refractivity contribution in [3.63, 3.8) is 0 Å². The van der Waals surface area contributed by atoms with Crippen LogP contribution < -0.4 is 5.73 Å². The second-order valence-electron chi connectivity index (χ2n) is 11.3. The number of rotatable bonds is 5. The summed E-state index contributed by atoms with van der Waals surface area (Å²) in [5.41, 5.74) is 5.21. The van der Waals surface area contributed by atoms with E-state index < -0.39 is 29.7 Å². The van der Waals surface area contributed by atoms with Gasteiger partial charge >= 0.3 is 12.1 Å². The van der Waals surface area contributed by atoms with Gasteiger partial charge in [-0.1, -0.05) is 82.9 Å². The molecule has 0 bridgehead atoms. The lowest BCUT2D eigenvalue weighted by Gasteiger charge is -2.28. The van der Waals surface area contributed by atoms with Gasteiger partial charge in [-0.15, -0.1) is 0 Å². The summed E-state index contributed by atoms with van der Waals surface area (Å²) in [5.74, 6) is 5.69. The Balaban J connectivity index is 2.15. The molecule has 41 heavy (non-hydrogen) atoms. The molecule has 0 aromatic heterocycles. The molecule has 1 unspecified atom stereocenters. The van der Waals surface area contributed by atoms with Crippen LogP contribution in [0.15, 0.2) is 71.3 Å². The Hall–Kier alpha value is -3.28. The van der Waals surface area contributed by atoms with Crippen LogP contribution in [0.4, 0.5) is 4.79 Å². The predicted molar refractivity (Wildman–Crippen MR) is 165 cm³/mol. The zero-order valence-electron chi connectivity index (χ0n) is 24.4. The number of nitrogens with two attached hydrogens (primary N) is 1. The van der Waals surface area contributed by atoms with E-state index in [9.17, 15) is 19.8 Å². The largest absolute Gasteiger partial charge is 0.507 e. The molecule has 1 aromatic rings. The molecule has 1 amide bonds. The molecule has 0 saturated heterocycles.